The van der Waals surface area contributed by atoms with E-state index in [2.05, 4.69) is 10.3 Å². The second-order valence-electron chi connectivity index (χ2n) is 4.66. The van der Waals surface area contributed by atoms with Crippen LogP contribution in [0, 0.1) is 0 Å². The lowest BCUT2D eigenvalue weighted by Gasteiger charge is -2.08. The van der Waals surface area contributed by atoms with Crippen molar-refractivity contribution < 1.29 is 9.53 Å². The summed E-state index contributed by atoms with van der Waals surface area (Å²) in [5.41, 5.74) is 1.64. The number of aromatic nitrogens is 1. The van der Waals surface area contributed by atoms with Crippen LogP contribution in [0.4, 0.5) is 0 Å². The van der Waals surface area contributed by atoms with Gasteiger partial charge < -0.3 is 15.0 Å². The number of fused-ring (bicyclic) bond motifs is 1. The first kappa shape index (κ1) is 13.2. The molecule has 0 saturated heterocycles. The highest BCUT2D eigenvalue weighted by atomic mass is 16.5. The molecular formula is C17H16N2O2. The van der Waals surface area contributed by atoms with Crippen LogP contribution in [0.15, 0.2) is 60.8 Å². The molecule has 4 heteroatoms. The predicted molar refractivity (Wildman–Crippen MR) is 82.6 cm³/mol. The largest absolute Gasteiger partial charge is 0.492 e. The molecule has 0 unspecified atom stereocenters. The molecule has 4 nitrogen and oxygen atoms in total. The lowest BCUT2D eigenvalue weighted by molar-refractivity contribution is 0.0948. The molecule has 0 fully saturated rings. The Morgan fingerprint density at radius 3 is 2.76 bits per heavy atom. The zero-order valence-electron chi connectivity index (χ0n) is 11.5. The van der Waals surface area contributed by atoms with E-state index in [0.717, 1.165) is 16.7 Å². The Morgan fingerprint density at radius 1 is 1.05 bits per heavy atom. The van der Waals surface area contributed by atoms with Crippen molar-refractivity contribution in [3.05, 3.63) is 66.4 Å². The number of rotatable bonds is 5. The van der Waals surface area contributed by atoms with Gasteiger partial charge in [-0.05, 0) is 30.3 Å². The molecular weight excluding hydrogens is 264 g/mol. The maximum atomic E-state index is 12.2. The van der Waals surface area contributed by atoms with Crippen molar-refractivity contribution in [3.63, 3.8) is 0 Å². The summed E-state index contributed by atoms with van der Waals surface area (Å²) < 4.78 is 5.54. The molecule has 0 atom stereocenters. The molecule has 0 aliphatic rings. The van der Waals surface area contributed by atoms with E-state index in [1.54, 1.807) is 0 Å². The van der Waals surface area contributed by atoms with Crippen LogP contribution in [0.2, 0.25) is 0 Å². The van der Waals surface area contributed by atoms with Gasteiger partial charge in [-0.3, -0.25) is 4.79 Å². The Balaban J connectivity index is 1.56. The maximum Gasteiger partial charge on any atom is 0.252 e. The molecule has 0 aliphatic heterocycles. The molecule has 3 aromatic rings. The van der Waals surface area contributed by atoms with Crippen molar-refractivity contribution in [2.24, 2.45) is 0 Å². The summed E-state index contributed by atoms with van der Waals surface area (Å²) in [6.07, 6.45) is 1.83. The van der Waals surface area contributed by atoms with E-state index in [-0.39, 0.29) is 5.91 Å². The zero-order chi connectivity index (χ0) is 14.5. The molecule has 3 rings (SSSR count). The number of carbonyl (C=O) groups is 1. The van der Waals surface area contributed by atoms with Gasteiger partial charge in [0.1, 0.15) is 12.4 Å². The number of ether oxygens (including phenoxy) is 1. The molecule has 2 aromatic carbocycles. The van der Waals surface area contributed by atoms with Crippen LogP contribution in [0.1, 0.15) is 10.4 Å². The Labute approximate surface area is 122 Å². The number of hydrogen-bond acceptors (Lipinski definition) is 2. The number of nitrogens with one attached hydrogen (secondary N) is 2. The average Bonchev–Trinajstić information content (AvgIpc) is 3.01. The van der Waals surface area contributed by atoms with Crippen LogP contribution < -0.4 is 10.1 Å². The van der Waals surface area contributed by atoms with Gasteiger partial charge in [0, 0.05) is 22.7 Å². The Morgan fingerprint density at radius 2 is 1.90 bits per heavy atom. The molecule has 0 spiro atoms. The van der Waals surface area contributed by atoms with Crippen molar-refractivity contribution in [1.82, 2.24) is 10.3 Å². The fraction of sp³-hybridized carbons (Fsp3) is 0.118. The fourth-order valence-electron chi connectivity index (χ4n) is 2.23. The number of amides is 1. The van der Waals surface area contributed by atoms with Gasteiger partial charge in [-0.15, -0.1) is 0 Å². The quantitative estimate of drug-likeness (QED) is 0.706. The Kier molecular flexibility index (Phi) is 3.87. The topological polar surface area (TPSA) is 54.1 Å². The minimum atomic E-state index is -0.0862. The second kappa shape index (κ2) is 6.13. The third-order valence-corrected chi connectivity index (χ3v) is 3.24. The lowest BCUT2D eigenvalue weighted by Crippen LogP contribution is -2.28. The number of H-pyrrole nitrogens is 1. The Hall–Kier alpha value is -2.75. The van der Waals surface area contributed by atoms with Crippen molar-refractivity contribution >= 4 is 16.8 Å². The normalized spacial score (nSPS) is 10.5. The first-order chi connectivity index (χ1) is 10.3. The van der Waals surface area contributed by atoms with E-state index < -0.39 is 0 Å². The zero-order valence-corrected chi connectivity index (χ0v) is 11.5. The summed E-state index contributed by atoms with van der Waals surface area (Å²) >= 11 is 0. The highest BCUT2D eigenvalue weighted by Crippen LogP contribution is 2.17. The van der Waals surface area contributed by atoms with Crippen molar-refractivity contribution in [2.45, 2.75) is 0 Å². The van der Waals surface area contributed by atoms with Gasteiger partial charge in [0.25, 0.3) is 5.91 Å². The van der Waals surface area contributed by atoms with E-state index >= 15 is 0 Å². The van der Waals surface area contributed by atoms with Crippen molar-refractivity contribution in [3.8, 4) is 5.75 Å². The van der Waals surface area contributed by atoms with Crippen molar-refractivity contribution in [1.29, 1.82) is 0 Å². The van der Waals surface area contributed by atoms with Gasteiger partial charge in [-0.2, -0.15) is 0 Å². The molecule has 0 aliphatic carbocycles. The van der Waals surface area contributed by atoms with Crippen LogP contribution in [-0.4, -0.2) is 24.0 Å². The number of hydrogen-bond donors (Lipinski definition) is 2. The molecule has 1 aromatic heterocycles. The van der Waals surface area contributed by atoms with Crippen LogP contribution in [-0.2, 0) is 0 Å². The van der Waals surface area contributed by atoms with Gasteiger partial charge in [-0.25, -0.2) is 0 Å². The van der Waals surface area contributed by atoms with E-state index in [1.165, 1.54) is 0 Å². The standard InChI is InChI=1S/C17H16N2O2/c20-17(15-7-4-8-16-14(15)9-10-18-16)19-11-12-21-13-5-2-1-3-6-13/h1-10,18H,11-12H2,(H,19,20). The van der Waals surface area contributed by atoms with Crippen molar-refractivity contribution in [2.75, 3.05) is 13.2 Å². The highest BCUT2D eigenvalue weighted by molar-refractivity contribution is 6.06. The van der Waals surface area contributed by atoms with E-state index in [9.17, 15) is 4.79 Å². The Bertz CT molecular complexity index is 735. The summed E-state index contributed by atoms with van der Waals surface area (Å²) in [7, 11) is 0. The van der Waals surface area contributed by atoms with Crippen LogP contribution in [0.25, 0.3) is 10.9 Å². The molecule has 1 heterocycles. The molecule has 106 valence electrons. The van der Waals surface area contributed by atoms with E-state index in [0.29, 0.717) is 18.7 Å². The predicted octanol–water partition coefficient (Wildman–Crippen LogP) is 2.98. The van der Waals surface area contributed by atoms with Gasteiger partial charge in [0.15, 0.2) is 0 Å². The minimum absolute atomic E-state index is 0.0862. The summed E-state index contributed by atoms with van der Waals surface area (Å²) in [6.45, 7) is 0.910. The number of benzene rings is 2. The summed E-state index contributed by atoms with van der Waals surface area (Å²) in [5, 5.41) is 3.80. The molecule has 0 radical (unpaired) electrons. The number of aromatic amines is 1. The lowest BCUT2D eigenvalue weighted by atomic mass is 10.1. The number of para-hydroxylation sites is 1. The molecule has 21 heavy (non-hydrogen) atoms. The van der Waals surface area contributed by atoms with Crippen LogP contribution >= 0.6 is 0 Å². The molecule has 0 bridgehead atoms. The fourth-order valence-corrected chi connectivity index (χ4v) is 2.23. The van der Waals surface area contributed by atoms with Gasteiger partial charge in [-0.1, -0.05) is 24.3 Å². The number of carbonyl (C=O) groups excluding carboxylic acids is 1. The maximum absolute atomic E-state index is 12.2. The van der Waals surface area contributed by atoms with E-state index in [1.807, 2.05) is 60.8 Å². The second-order valence-corrected chi connectivity index (χ2v) is 4.66. The average molecular weight is 280 g/mol. The monoisotopic (exact) mass is 280 g/mol. The molecule has 1 amide bonds. The first-order valence-electron chi connectivity index (χ1n) is 6.87. The summed E-state index contributed by atoms with van der Waals surface area (Å²) in [5.74, 6) is 0.719. The third-order valence-electron chi connectivity index (χ3n) is 3.24. The third kappa shape index (κ3) is 3.05. The van der Waals surface area contributed by atoms with E-state index in [4.69, 9.17) is 4.74 Å². The summed E-state index contributed by atoms with van der Waals surface area (Å²) in [4.78, 5) is 15.3. The first-order valence-corrected chi connectivity index (χ1v) is 6.87. The van der Waals surface area contributed by atoms with Crippen LogP contribution in [0.3, 0.4) is 0 Å². The molecule has 2 N–H and O–H groups in total. The SMILES string of the molecule is O=C(NCCOc1ccccc1)c1cccc2[nH]ccc12. The van der Waals surface area contributed by atoms with Gasteiger partial charge >= 0.3 is 0 Å². The van der Waals surface area contributed by atoms with Crippen LogP contribution in [0.5, 0.6) is 5.75 Å². The summed E-state index contributed by atoms with van der Waals surface area (Å²) in [6, 6.07) is 17.1. The molecule has 0 saturated carbocycles. The van der Waals surface area contributed by atoms with Gasteiger partial charge in [0.2, 0.25) is 0 Å². The minimum Gasteiger partial charge on any atom is -0.492 e. The highest BCUT2D eigenvalue weighted by Gasteiger charge is 2.09. The smallest absolute Gasteiger partial charge is 0.252 e. The van der Waals surface area contributed by atoms with Gasteiger partial charge in [0.05, 0.1) is 6.54 Å².